The van der Waals surface area contributed by atoms with E-state index in [0.717, 1.165) is 12.7 Å². The Morgan fingerprint density at radius 3 is 3.00 bits per heavy atom. The normalized spacial score (nSPS) is 28.5. The van der Waals surface area contributed by atoms with E-state index in [1.807, 2.05) is 0 Å². The molecular formula is C16H20N6O6. The molecule has 4 N–H and O–H groups in total. The monoisotopic (exact) mass is 392 g/mol. The van der Waals surface area contributed by atoms with E-state index in [1.54, 1.807) is 0 Å². The summed E-state index contributed by atoms with van der Waals surface area (Å²) >= 11 is 0. The molecular weight excluding hydrogens is 372 g/mol. The van der Waals surface area contributed by atoms with E-state index in [9.17, 15) is 15.0 Å². The van der Waals surface area contributed by atoms with E-state index in [4.69, 9.17) is 14.2 Å². The standard InChI is InChI=1S/C16H20N6O6/c1-17-16(25)27-5-9-11(23)12(24)15(28-9)22-7-20-10-13(18-6-19-14(10)22)21-8-2-3-26-4-8/h5-8,11-12,15,23-24H,2-4H2,1H3,(H,17,25)(H,18,19,21)/b9-5+/t8-,11-,12-,15?/m1/s1. The highest BCUT2D eigenvalue weighted by molar-refractivity contribution is 5.82. The summed E-state index contributed by atoms with van der Waals surface area (Å²) < 4.78 is 17.2. The SMILES string of the molecule is CNC(=O)O/C=C1/OC(n2cnc3c(N[C@@H]4CCOC4)ncnc32)[C@H](O)[C@@H]1O. The fourth-order valence-corrected chi connectivity index (χ4v) is 3.08. The summed E-state index contributed by atoms with van der Waals surface area (Å²) in [6.07, 6.45) is 0.219. The van der Waals surface area contributed by atoms with Crippen molar-refractivity contribution in [3.8, 4) is 0 Å². The number of aromatic nitrogens is 4. The molecule has 4 atom stereocenters. The Bertz CT molecular complexity index is 895. The highest BCUT2D eigenvalue weighted by Gasteiger charge is 2.42. The largest absolute Gasteiger partial charge is 0.465 e. The molecule has 12 nitrogen and oxygen atoms in total. The molecule has 0 radical (unpaired) electrons. The minimum absolute atomic E-state index is 0.0848. The highest BCUT2D eigenvalue weighted by atomic mass is 16.6. The molecule has 2 aliphatic rings. The Morgan fingerprint density at radius 2 is 2.25 bits per heavy atom. The number of carbonyl (C=O) groups is 1. The summed E-state index contributed by atoms with van der Waals surface area (Å²) in [5.41, 5.74) is 0.917. The summed E-state index contributed by atoms with van der Waals surface area (Å²) in [6.45, 7) is 1.27. The Morgan fingerprint density at radius 1 is 1.39 bits per heavy atom. The molecule has 2 aliphatic heterocycles. The number of nitrogens with zero attached hydrogens (tertiary/aromatic N) is 4. The fourth-order valence-electron chi connectivity index (χ4n) is 3.08. The lowest BCUT2D eigenvalue weighted by Gasteiger charge is -2.16. The quantitative estimate of drug-likeness (QED) is 0.500. The maximum atomic E-state index is 11.2. The van der Waals surface area contributed by atoms with Crippen LogP contribution in [0.2, 0.25) is 0 Å². The third kappa shape index (κ3) is 3.32. The van der Waals surface area contributed by atoms with Gasteiger partial charge in [-0.05, 0) is 6.42 Å². The van der Waals surface area contributed by atoms with Crippen molar-refractivity contribution < 1.29 is 29.2 Å². The van der Waals surface area contributed by atoms with Crippen molar-refractivity contribution >= 4 is 23.1 Å². The molecule has 1 unspecified atom stereocenters. The second-order valence-corrected chi connectivity index (χ2v) is 6.37. The van der Waals surface area contributed by atoms with Crippen molar-refractivity contribution in [3.63, 3.8) is 0 Å². The van der Waals surface area contributed by atoms with Crippen LogP contribution < -0.4 is 10.6 Å². The maximum absolute atomic E-state index is 11.2. The summed E-state index contributed by atoms with van der Waals surface area (Å²) in [7, 11) is 1.39. The second kappa shape index (κ2) is 7.58. The minimum Gasteiger partial charge on any atom is -0.465 e. The van der Waals surface area contributed by atoms with Crippen LogP contribution in [0.1, 0.15) is 12.6 Å². The molecule has 0 aromatic carbocycles. The van der Waals surface area contributed by atoms with Crippen LogP contribution in [0.5, 0.6) is 0 Å². The first-order valence-electron chi connectivity index (χ1n) is 8.71. The first-order chi connectivity index (χ1) is 13.6. The molecule has 4 heterocycles. The number of alkyl carbamates (subject to hydrolysis) is 1. The number of ether oxygens (including phenoxy) is 3. The predicted octanol–water partition coefficient (Wildman–Crippen LogP) is -0.525. The van der Waals surface area contributed by atoms with Gasteiger partial charge in [0.2, 0.25) is 6.23 Å². The van der Waals surface area contributed by atoms with Gasteiger partial charge >= 0.3 is 6.09 Å². The van der Waals surface area contributed by atoms with Crippen LogP contribution in [-0.2, 0) is 14.2 Å². The minimum atomic E-state index is -1.37. The number of imidazole rings is 1. The van der Waals surface area contributed by atoms with Crippen LogP contribution >= 0.6 is 0 Å². The topological polar surface area (TPSA) is 153 Å². The molecule has 2 saturated heterocycles. The number of anilines is 1. The van der Waals surface area contributed by atoms with Crippen LogP contribution in [0.3, 0.4) is 0 Å². The van der Waals surface area contributed by atoms with E-state index >= 15 is 0 Å². The van der Waals surface area contributed by atoms with Crippen molar-refractivity contribution in [2.45, 2.75) is 30.9 Å². The van der Waals surface area contributed by atoms with Crippen LogP contribution in [0.15, 0.2) is 24.7 Å². The van der Waals surface area contributed by atoms with Crippen molar-refractivity contribution in [2.24, 2.45) is 0 Å². The second-order valence-electron chi connectivity index (χ2n) is 6.37. The molecule has 0 saturated carbocycles. The van der Waals surface area contributed by atoms with E-state index in [0.29, 0.717) is 30.2 Å². The van der Waals surface area contributed by atoms with Gasteiger partial charge in [0, 0.05) is 13.7 Å². The van der Waals surface area contributed by atoms with Gasteiger partial charge in [-0.15, -0.1) is 0 Å². The van der Waals surface area contributed by atoms with Gasteiger partial charge in [0.05, 0.1) is 12.6 Å². The number of aliphatic hydroxyl groups excluding tert-OH is 2. The van der Waals surface area contributed by atoms with Gasteiger partial charge in [-0.1, -0.05) is 0 Å². The molecule has 2 aromatic rings. The molecule has 1 amide bonds. The molecule has 0 aliphatic carbocycles. The van der Waals surface area contributed by atoms with Crippen molar-refractivity contribution in [1.82, 2.24) is 24.8 Å². The lowest BCUT2D eigenvalue weighted by molar-refractivity contribution is -0.0121. The zero-order chi connectivity index (χ0) is 19.7. The molecule has 28 heavy (non-hydrogen) atoms. The maximum Gasteiger partial charge on any atom is 0.411 e. The Labute approximate surface area is 159 Å². The number of fused-ring (bicyclic) bond motifs is 1. The molecule has 4 rings (SSSR count). The van der Waals surface area contributed by atoms with Crippen LogP contribution in [0.25, 0.3) is 11.2 Å². The number of hydrogen-bond donors (Lipinski definition) is 4. The molecule has 0 bridgehead atoms. The predicted molar refractivity (Wildman–Crippen MR) is 93.9 cm³/mol. The third-order valence-corrected chi connectivity index (χ3v) is 4.55. The number of hydrogen-bond acceptors (Lipinski definition) is 10. The summed E-state index contributed by atoms with van der Waals surface area (Å²) in [5.74, 6) is 0.462. The van der Waals surface area contributed by atoms with Gasteiger partial charge in [-0.25, -0.2) is 19.7 Å². The number of amides is 1. The average Bonchev–Trinajstić information content (AvgIpc) is 3.42. The van der Waals surface area contributed by atoms with Crippen LogP contribution in [0.4, 0.5) is 10.6 Å². The Balaban J connectivity index is 1.59. The fraction of sp³-hybridized carbons (Fsp3) is 0.500. The van der Waals surface area contributed by atoms with E-state index in [-0.39, 0.29) is 11.8 Å². The van der Waals surface area contributed by atoms with Gasteiger partial charge in [0.25, 0.3) is 0 Å². The summed E-state index contributed by atoms with van der Waals surface area (Å²) in [5, 5.41) is 26.1. The first kappa shape index (κ1) is 18.4. The van der Waals surface area contributed by atoms with Gasteiger partial charge in [0.15, 0.2) is 22.7 Å². The molecule has 2 fully saturated rings. The summed E-state index contributed by atoms with van der Waals surface area (Å²) in [4.78, 5) is 24.0. The number of rotatable bonds is 4. The van der Waals surface area contributed by atoms with E-state index < -0.39 is 24.5 Å². The molecule has 150 valence electrons. The molecule has 2 aromatic heterocycles. The summed E-state index contributed by atoms with van der Waals surface area (Å²) in [6, 6.07) is 0.134. The van der Waals surface area contributed by atoms with Crippen LogP contribution in [-0.4, -0.2) is 74.3 Å². The van der Waals surface area contributed by atoms with Gasteiger partial charge in [-0.2, -0.15) is 0 Å². The zero-order valence-corrected chi connectivity index (χ0v) is 15.0. The lowest BCUT2D eigenvalue weighted by atomic mass is 10.2. The van der Waals surface area contributed by atoms with Crippen molar-refractivity contribution in [3.05, 3.63) is 24.7 Å². The van der Waals surface area contributed by atoms with E-state index in [1.165, 1.54) is 24.3 Å². The number of carbonyl (C=O) groups excluding carboxylic acids is 1. The lowest BCUT2D eigenvalue weighted by Crippen LogP contribution is -2.28. The average molecular weight is 392 g/mol. The Hall–Kier alpha value is -2.96. The molecule has 0 spiro atoms. The molecule has 12 heteroatoms. The number of nitrogens with one attached hydrogen (secondary N) is 2. The third-order valence-electron chi connectivity index (χ3n) is 4.55. The van der Waals surface area contributed by atoms with Gasteiger partial charge in [0.1, 0.15) is 31.1 Å². The highest BCUT2D eigenvalue weighted by Crippen LogP contribution is 2.34. The smallest absolute Gasteiger partial charge is 0.411 e. The van der Waals surface area contributed by atoms with Gasteiger partial charge < -0.3 is 35.1 Å². The van der Waals surface area contributed by atoms with Gasteiger partial charge in [-0.3, -0.25) is 4.57 Å². The van der Waals surface area contributed by atoms with Crippen molar-refractivity contribution in [2.75, 3.05) is 25.6 Å². The first-order valence-corrected chi connectivity index (χ1v) is 8.71. The van der Waals surface area contributed by atoms with Crippen LogP contribution in [0, 0.1) is 0 Å². The Kier molecular flexibility index (Phi) is 4.98. The van der Waals surface area contributed by atoms with Crippen molar-refractivity contribution in [1.29, 1.82) is 0 Å². The van der Waals surface area contributed by atoms with E-state index in [2.05, 4.69) is 25.6 Å². The zero-order valence-electron chi connectivity index (χ0n) is 15.0. The number of aliphatic hydroxyl groups is 2.